The maximum absolute atomic E-state index is 13.8. The summed E-state index contributed by atoms with van der Waals surface area (Å²) in [5, 5.41) is 2.98. The highest BCUT2D eigenvalue weighted by molar-refractivity contribution is 7.96. The normalized spacial score (nSPS) is 24.1. The van der Waals surface area contributed by atoms with Gasteiger partial charge in [0.2, 0.25) is 0 Å². The van der Waals surface area contributed by atoms with Crippen LogP contribution in [0, 0.1) is 40.5 Å². The Kier molecular flexibility index (Phi) is 7.12. The molecule has 2 heterocycles. The first-order chi connectivity index (χ1) is 15.6. The van der Waals surface area contributed by atoms with Crippen molar-refractivity contribution in [1.82, 2.24) is 5.32 Å². The fraction of sp³-hybridized carbons (Fsp3) is 0.560. The van der Waals surface area contributed by atoms with E-state index < -0.39 is 43.2 Å². The van der Waals surface area contributed by atoms with Gasteiger partial charge in [0.05, 0.1) is 40.3 Å². The second kappa shape index (κ2) is 9.15. The summed E-state index contributed by atoms with van der Waals surface area (Å²) in [6.45, 7) is 15.0. The van der Waals surface area contributed by atoms with Crippen LogP contribution in [-0.2, 0) is 29.2 Å². The minimum atomic E-state index is -3.90. The number of esters is 1. The zero-order valence-corrected chi connectivity index (χ0v) is 22.9. The number of sulfone groups is 2. The average molecular weight is 510 g/mol. The monoisotopic (exact) mass is 509 g/mol. The molecule has 7 nitrogen and oxygen atoms in total. The maximum atomic E-state index is 13.8. The van der Waals surface area contributed by atoms with Crippen LogP contribution in [0.1, 0.15) is 60.1 Å². The van der Waals surface area contributed by atoms with Gasteiger partial charge in [0.15, 0.2) is 19.7 Å². The summed E-state index contributed by atoms with van der Waals surface area (Å²) >= 11 is 0. The molecule has 0 radical (unpaired) electrons. The van der Waals surface area contributed by atoms with Gasteiger partial charge in [-0.3, -0.25) is 0 Å². The van der Waals surface area contributed by atoms with Crippen molar-refractivity contribution in [2.45, 2.75) is 61.3 Å². The number of allylic oxidation sites excluding steroid dienone is 2. The van der Waals surface area contributed by atoms with E-state index in [0.29, 0.717) is 5.70 Å². The molecule has 2 unspecified atom stereocenters. The molecule has 2 atom stereocenters. The van der Waals surface area contributed by atoms with Gasteiger partial charge in [0.1, 0.15) is 0 Å². The number of carbonyl (C=O) groups is 1. The van der Waals surface area contributed by atoms with Gasteiger partial charge in [-0.1, -0.05) is 6.92 Å². The number of hydrogen-bond acceptors (Lipinski definition) is 7. The molecule has 0 aliphatic carbocycles. The van der Waals surface area contributed by atoms with E-state index in [1.165, 1.54) is 0 Å². The van der Waals surface area contributed by atoms with Gasteiger partial charge in [-0.25, -0.2) is 21.6 Å². The molecule has 1 N–H and O–H groups in total. The molecule has 0 saturated carbocycles. The molecule has 9 heteroatoms. The van der Waals surface area contributed by atoms with Crippen LogP contribution in [0.5, 0.6) is 0 Å². The van der Waals surface area contributed by atoms with Crippen LogP contribution >= 0.6 is 0 Å². The Hall–Kier alpha value is -2.13. The van der Waals surface area contributed by atoms with Crippen molar-refractivity contribution in [3.05, 3.63) is 55.3 Å². The van der Waals surface area contributed by atoms with Crippen LogP contribution < -0.4 is 5.32 Å². The summed E-state index contributed by atoms with van der Waals surface area (Å²) < 4.78 is 58.8. The summed E-state index contributed by atoms with van der Waals surface area (Å²) in [6, 6.07) is 0. The molecule has 0 amide bonds. The Morgan fingerprint density at radius 1 is 0.912 bits per heavy atom. The summed E-state index contributed by atoms with van der Waals surface area (Å²) in [4.78, 5) is 13.2. The number of dihydropyridines is 1. The summed E-state index contributed by atoms with van der Waals surface area (Å²) in [7, 11) is -7.46. The Morgan fingerprint density at radius 2 is 1.44 bits per heavy atom. The first kappa shape index (κ1) is 26.5. The quantitative estimate of drug-likeness (QED) is 0.622. The third-order valence-corrected chi connectivity index (χ3v) is 11.1. The molecule has 0 fully saturated rings. The first-order valence-electron chi connectivity index (χ1n) is 11.5. The largest absolute Gasteiger partial charge is 0.463 e. The van der Waals surface area contributed by atoms with Crippen LogP contribution in [0.2, 0.25) is 0 Å². The molecule has 2 aliphatic heterocycles. The number of hydrogen-bond donors (Lipinski definition) is 1. The summed E-state index contributed by atoms with van der Waals surface area (Å²) in [5.41, 5.74) is 6.41. The maximum Gasteiger partial charge on any atom is 0.336 e. The zero-order valence-electron chi connectivity index (χ0n) is 21.2. The predicted molar refractivity (Wildman–Crippen MR) is 134 cm³/mol. The average Bonchev–Trinajstić information content (AvgIpc) is 2.68. The highest BCUT2D eigenvalue weighted by Gasteiger charge is 2.45. The predicted octanol–water partition coefficient (Wildman–Crippen LogP) is 3.44. The Morgan fingerprint density at radius 3 is 1.97 bits per heavy atom. The van der Waals surface area contributed by atoms with Crippen LogP contribution in [0.4, 0.5) is 0 Å². The van der Waals surface area contributed by atoms with Crippen LogP contribution in [0.3, 0.4) is 0 Å². The van der Waals surface area contributed by atoms with Gasteiger partial charge in [0, 0.05) is 11.4 Å². The van der Waals surface area contributed by atoms with Crippen LogP contribution in [-0.4, -0.2) is 46.7 Å². The van der Waals surface area contributed by atoms with Crippen molar-refractivity contribution >= 4 is 25.6 Å². The van der Waals surface area contributed by atoms with Gasteiger partial charge in [-0.15, -0.1) is 0 Å². The Bertz CT molecular complexity index is 1300. The van der Waals surface area contributed by atoms with Crippen molar-refractivity contribution in [3.8, 4) is 0 Å². The van der Waals surface area contributed by atoms with E-state index >= 15 is 0 Å². The molecule has 0 spiro atoms. The molecule has 1 aromatic carbocycles. The minimum absolute atomic E-state index is 0.0230. The molecular formula is C25H35NO6S2. The zero-order chi connectivity index (χ0) is 25.7. The molecule has 0 saturated heterocycles. The van der Waals surface area contributed by atoms with Crippen molar-refractivity contribution in [3.63, 3.8) is 0 Å². The lowest BCUT2D eigenvalue weighted by Crippen LogP contribution is -2.39. The molecule has 34 heavy (non-hydrogen) atoms. The highest BCUT2D eigenvalue weighted by Crippen LogP contribution is 2.46. The number of ether oxygens (including phenoxy) is 1. The second-order valence-corrected chi connectivity index (χ2v) is 13.8. The van der Waals surface area contributed by atoms with E-state index in [9.17, 15) is 21.6 Å². The van der Waals surface area contributed by atoms with Crippen LogP contribution in [0.25, 0.3) is 0 Å². The Labute approximate surface area is 203 Å². The SMILES string of the molecule is CCOC(=O)C1=C(C)NC2=C(C1c1c(C)c(C)c(C)c(C)c1C)S(=O)(=O)CC(C)CS(=O)(=O)C2. The van der Waals surface area contributed by atoms with Gasteiger partial charge < -0.3 is 10.1 Å². The van der Waals surface area contributed by atoms with Gasteiger partial charge in [0.25, 0.3) is 0 Å². The third kappa shape index (κ3) is 4.56. The third-order valence-electron chi connectivity index (χ3n) is 7.17. The first-order valence-corrected chi connectivity index (χ1v) is 15.0. The van der Waals surface area contributed by atoms with Crippen molar-refractivity contribution in [1.29, 1.82) is 0 Å². The van der Waals surface area contributed by atoms with E-state index in [-0.39, 0.29) is 34.3 Å². The molecule has 3 rings (SSSR count). The van der Waals surface area contributed by atoms with Gasteiger partial charge in [-0.05, 0) is 87.8 Å². The number of nitrogens with one attached hydrogen (secondary N) is 1. The van der Waals surface area contributed by atoms with Gasteiger partial charge >= 0.3 is 5.97 Å². The lowest BCUT2D eigenvalue weighted by molar-refractivity contribution is -0.138. The van der Waals surface area contributed by atoms with E-state index in [1.54, 1.807) is 20.8 Å². The van der Waals surface area contributed by atoms with Crippen molar-refractivity contribution < 1.29 is 26.4 Å². The Balaban J connectivity index is 2.49. The fourth-order valence-corrected chi connectivity index (χ4v) is 9.44. The molecule has 1 aromatic rings. The lowest BCUT2D eigenvalue weighted by Gasteiger charge is -2.36. The summed E-state index contributed by atoms with van der Waals surface area (Å²) in [5.74, 6) is -3.04. The van der Waals surface area contributed by atoms with E-state index in [4.69, 9.17) is 4.74 Å². The van der Waals surface area contributed by atoms with E-state index in [0.717, 1.165) is 33.4 Å². The van der Waals surface area contributed by atoms with Crippen molar-refractivity contribution in [2.75, 3.05) is 23.9 Å². The van der Waals surface area contributed by atoms with E-state index in [1.807, 2.05) is 34.6 Å². The topological polar surface area (TPSA) is 107 Å². The van der Waals surface area contributed by atoms with Crippen LogP contribution in [0.15, 0.2) is 21.9 Å². The number of benzene rings is 1. The lowest BCUT2D eigenvalue weighted by atomic mass is 9.78. The minimum Gasteiger partial charge on any atom is -0.463 e. The fourth-order valence-electron chi connectivity index (χ4n) is 5.29. The molecule has 188 valence electrons. The molecule has 2 aliphatic rings. The number of rotatable bonds is 3. The molecule has 0 aromatic heterocycles. The van der Waals surface area contributed by atoms with E-state index in [2.05, 4.69) is 5.32 Å². The summed E-state index contributed by atoms with van der Waals surface area (Å²) in [6.07, 6.45) is 0. The smallest absolute Gasteiger partial charge is 0.336 e. The second-order valence-electron chi connectivity index (χ2n) is 9.64. The standard InChI is InChI=1S/C25H35NO6S2/c1-9-32-25(27)22-19(8)26-20-12-33(28,29)10-13(2)11-34(30,31)24(20)23(22)21-17(6)15(4)14(3)16(5)18(21)7/h13,23,26H,9-12H2,1-8H3. The highest BCUT2D eigenvalue weighted by atomic mass is 32.2. The molecular weight excluding hydrogens is 474 g/mol. The number of carbonyl (C=O) groups excluding carboxylic acids is 1. The molecule has 0 bridgehead atoms. The van der Waals surface area contributed by atoms with Crippen molar-refractivity contribution in [2.24, 2.45) is 5.92 Å². The van der Waals surface area contributed by atoms with Gasteiger partial charge in [-0.2, -0.15) is 0 Å².